The normalized spacial score (nSPS) is 17.3. The van der Waals surface area contributed by atoms with Crippen LogP contribution < -0.4 is 9.47 Å². The first kappa shape index (κ1) is 34.0. The quantitative estimate of drug-likeness (QED) is 0.180. The van der Waals surface area contributed by atoms with Crippen LogP contribution in [0.25, 0.3) is 10.8 Å². The number of thiophene rings is 1. The summed E-state index contributed by atoms with van der Waals surface area (Å²) in [5.41, 5.74) is -0.213. The van der Waals surface area contributed by atoms with Crippen molar-refractivity contribution in [2.75, 3.05) is 19.8 Å². The van der Waals surface area contributed by atoms with Crippen LogP contribution in [0.15, 0.2) is 53.7 Å². The number of hydrogen-bond donors (Lipinski definition) is 0. The summed E-state index contributed by atoms with van der Waals surface area (Å²) in [5, 5.41) is 4.58. The Hall–Kier alpha value is -3.91. The minimum atomic E-state index is -0.892. The molecule has 7 rings (SSSR count). The van der Waals surface area contributed by atoms with Crippen LogP contribution in [-0.4, -0.2) is 80.0 Å². The number of aryl methyl sites for hydroxylation is 1. The van der Waals surface area contributed by atoms with Crippen molar-refractivity contribution >= 4 is 45.7 Å². The summed E-state index contributed by atoms with van der Waals surface area (Å²) in [6, 6.07) is 6.40. The molecule has 11 nitrogen and oxygen atoms in total. The summed E-state index contributed by atoms with van der Waals surface area (Å²) in [4.78, 5) is 61.7. The Kier molecular flexibility index (Phi) is 9.09. The number of amides is 4. The van der Waals surface area contributed by atoms with Gasteiger partial charge in [0.15, 0.2) is 11.5 Å². The number of ether oxygens (including phenoxy) is 3. The van der Waals surface area contributed by atoms with Gasteiger partial charge in [-0.05, 0) is 64.8 Å². The zero-order chi connectivity index (χ0) is 33.1. The van der Waals surface area contributed by atoms with Crippen molar-refractivity contribution in [2.45, 2.75) is 70.7 Å². The van der Waals surface area contributed by atoms with E-state index in [-0.39, 0.29) is 32.4 Å². The maximum Gasteiger partial charge on any atom is 0.261 e. The van der Waals surface area contributed by atoms with Gasteiger partial charge >= 0.3 is 0 Å². The van der Waals surface area contributed by atoms with E-state index in [1.165, 1.54) is 21.1 Å². The molecule has 1 atom stereocenters. The van der Waals surface area contributed by atoms with Crippen molar-refractivity contribution in [1.29, 1.82) is 0 Å². The molecule has 48 heavy (non-hydrogen) atoms. The topological polar surface area (TPSA) is 120 Å². The number of aromatic nitrogens is 2. The van der Waals surface area contributed by atoms with Gasteiger partial charge < -0.3 is 18.8 Å². The first-order valence-electron chi connectivity index (χ1n) is 15.8. The van der Waals surface area contributed by atoms with E-state index in [0.717, 1.165) is 11.5 Å². The first-order chi connectivity index (χ1) is 22.4. The summed E-state index contributed by atoms with van der Waals surface area (Å²) >= 11 is 1.53. The van der Waals surface area contributed by atoms with Gasteiger partial charge in [0, 0.05) is 108 Å². The molecule has 1 unspecified atom stereocenters. The molecule has 0 radical (unpaired) electrons. The Labute approximate surface area is 295 Å². The number of fused-ring (bicyclic) bond motifs is 1. The van der Waals surface area contributed by atoms with E-state index in [1.54, 1.807) is 36.8 Å². The van der Waals surface area contributed by atoms with Gasteiger partial charge in [0.2, 0.25) is 0 Å². The molecule has 0 fully saturated rings. The number of rotatable bonds is 11. The second-order valence-corrected chi connectivity index (χ2v) is 14.2. The molecular weight excluding hydrogens is 811 g/mol. The number of imide groups is 2. The van der Waals surface area contributed by atoms with E-state index in [2.05, 4.69) is 4.98 Å². The fourth-order valence-corrected chi connectivity index (χ4v) is 7.44. The van der Waals surface area contributed by atoms with Crippen LogP contribution in [0.5, 0.6) is 11.5 Å². The van der Waals surface area contributed by atoms with Crippen LogP contribution in [0.4, 0.5) is 0 Å². The molecule has 2 aromatic heterocycles. The fraction of sp³-hybridized carbons (Fsp3) is 0.400. The second kappa shape index (κ2) is 12.8. The number of hydrogen-bond acceptors (Lipinski definition) is 9. The van der Waals surface area contributed by atoms with Crippen LogP contribution in [0.1, 0.15) is 88.4 Å². The molecule has 13 heteroatoms. The largest absolute Gasteiger partial charge is 0.485 e. The van der Waals surface area contributed by atoms with Crippen molar-refractivity contribution in [1.82, 2.24) is 19.4 Å². The average molecular weight is 847 g/mol. The number of benzene rings is 2. The van der Waals surface area contributed by atoms with Crippen molar-refractivity contribution in [3.8, 4) is 11.5 Å². The standard InChI is InChI=1S/C35H36N4O7S.Os/c1-34(2,10-15-45-35(3,4)16-21-17-44-26-18-47-19-27(26)46-21)39-32(42)24-8-6-22-28-23(7-9-25(29(24)28)33(39)43)31(41)38(30(22)40)13-5-12-37-14-11-36-20-37;/h6-9,11,14,18-21H,5,10,12-13,15-17H2,1-4H3;. The Balaban J connectivity index is 0.00000401. The van der Waals surface area contributed by atoms with Crippen molar-refractivity contribution in [2.24, 2.45) is 0 Å². The molecule has 0 spiro atoms. The minimum absolute atomic E-state index is 0. The molecule has 0 saturated heterocycles. The maximum absolute atomic E-state index is 14.0. The Morgan fingerprint density at radius 3 is 2.08 bits per heavy atom. The summed E-state index contributed by atoms with van der Waals surface area (Å²) in [6.07, 6.45) is 6.59. The molecule has 4 aromatic rings. The first-order valence-corrected chi connectivity index (χ1v) is 16.7. The van der Waals surface area contributed by atoms with Crippen molar-refractivity contribution in [3.05, 3.63) is 76.0 Å². The molecule has 0 bridgehead atoms. The van der Waals surface area contributed by atoms with Crippen LogP contribution in [0, 0.1) is 0 Å². The van der Waals surface area contributed by atoms with Gasteiger partial charge in [0.25, 0.3) is 23.6 Å². The molecule has 4 amide bonds. The Morgan fingerprint density at radius 2 is 1.48 bits per heavy atom. The maximum atomic E-state index is 14.0. The molecule has 5 heterocycles. The molecule has 2 aromatic carbocycles. The zero-order valence-corrected chi connectivity index (χ0v) is 30.5. The van der Waals surface area contributed by atoms with E-state index in [9.17, 15) is 19.2 Å². The van der Waals surface area contributed by atoms with E-state index >= 15 is 0 Å². The number of carbonyl (C=O) groups is 4. The van der Waals surface area contributed by atoms with Gasteiger partial charge in [-0.1, -0.05) is 0 Å². The number of nitrogens with zero attached hydrogens (tertiary/aromatic N) is 4. The fourth-order valence-electron chi connectivity index (χ4n) is 6.77. The third kappa shape index (κ3) is 5.97. The summed E-state index contributed by atoms with van der Waals surface area (Å²) in [5.74, 6) is -0.268. The van der Waals surface area contributed by atoms with E-state index in [1.807, 2.05) is 49.2 Å². The van der Waals surface area contributed by atoms with Gasteiger partial charge in [0.1, 0.15) is 12.7 Å². The predicted octanol–water partition coefficient (Wildman–Crippen LogP) is 5.57. The third-order valence-electron chi connectivity index (χ3n) is 9.18. The third-order valence-corrected chi connectivity index (χ3v) is 9.88. The van der Waals surface area contributed by atoms with Crippen molar-refractivity contribution < 1.29 is 53.2 Å². The van der Waals surface area contributed by atoms with Gasteiger partial charge in [-0.2, -0.15) is 0 Å². The van der Waals surface area contributed by atoms with Crippen LogP contribution in [0.2, 0.25) is 0 Å². The smallest absolute Gasteiger partial charge is 0.261 e. The summed E-state index contributed by atoms with van der Waals surface area (Å²) in [7, 11) is 0. The Bertz CT molecular complexity index is 1850. The molecule has 3 aliphatic rings. The monoisotopic (exact) mass is 848 g/mol. The van der Waals surface area contributed by atoms with E-state index < -0.39 is 34.8 Å². The van der Waals surface area contributed by atoms with Gasteiger partial charge in [-0.3, -0.25) is 29.0 Å². The molecule has 252 valence electrons. The number of imidazole rings is 1. The molecule has 3 aliphatic heterocycles. The molecule has 0 saturated carbocycles. The average Bonchev–Trinajstić information content (AvgIpc) is 3.72. The molecular formula is C35H36N4O7OsS. The van der Waals surface area contributed by atoms with Gasteiger partial charge in [0.05, 0.1) is 11.9 Å². The summed E-state index contributed by atoms with van der Waals surface area (Å²) < 4.78 is 20.1. The zero-order valence-electron chi connectivity index (χ0n) is 27.1. The molecule has 0 aliphatic carbocycles. The second-order valence-electron chi connectivity index (χ2n) is 13.5. The van der Waals surface area contributed by atoms with E-state index in [4.69, 9.17) is 14.2 Å². The van der Waals surface area contributed by atoms with Gasteiger partial charge in [-0.15, -0.1) is 11.3 Å². The van der Waals surface area contributed by atoms with Crippen molar-refractivity contribution in [3.63, 3.8) is 0 Å². The minimum Gasteiger partial charge on any atom is -0.485 e. The summed E-state index contributed by atoms with van der Waals surface area (Å²) in [6.45, 7) is 9.25. The van der Waals surface area contributed by atoms with Crippen LogP contribution >= 0.6 is 11.3 Å². The Morgan fingerprint density at radius 1 is 0.875 bits per heavy atom. The SMILES string of the molecule is CC(C)(CC1COc2cscc2O1)OCCC(C)(C)N1C(=O)c2ccc3c4c(ccc(c24)C1=O)C(=O)N(CCCn1ccnc1)C3=O.[Os]. The van der Waals surface area contributed by atoms with E-state index in [0.29, 0.717) is 72.0 Å². The van der Waals surface area contributed by atoms with Crippen LogP contribution in [0.3, 0.4) is 0 Å². The number of carbonyl (C=O) groups excluding carboxylic acids is 4. The van der Waals surface area contributed by atoms with Gasteiger partial charge in [-0.25, -0.2) is 4.98 Å². The molecule has 0 N–H and O–H groups in total. The predicted molar refractivity (Wildman–Crippen MR) is 174 cm³/mol. The van der Waals surface area contributed by atoms with Crippen LogP contribution in [-0.2, 0) is 31.1 Å².